The summed E-state index contributed by atoms with van der Waals surface area (Å²) in [7, 11) is 2.08. The maximum atomic E-state index is 13.5. The van der Waals surface area contributed by atoms with E-state index in [0.717, 1.165) is 19.4 Å². The molecule has 7 heteroatoms. The molecule has 1 unspecified atom stereocenters. The van der Waals surface area contributed by atoms with Crippen LogP contribution < -0.4 is 5.32 Å². The fraction of sp³-hybridized carbons (Fsp3) is 0.381. The zero-order valence-electron chi connectivity index (χ0n) is 15.8. The van der Waals surface area contributed by atoms with Crippen molar-refractivity contribution < 1.29 is 19.0 Å². The number of amides is 1. The van der Waals surface area contributed by atoms with Gasteiger partial charge in [0.1, 0.15) is 5.82 Å². The molecule has 1 heterocycles. The molecule has 28 heavy (non-hydrogen) atoms. The Morgan fingerprint density at radius 3 is 2.86 bits per heavy atom. The molecule has 0 aromatic heterocycles. The maximum Gasteiger partial charge on any atom is 0.411 e. The Hall–Kier alpha value is -2.15. The number of carbonyl (C=O) groups is 1. The molecule has 5 nitrogen and oxygen atoms in total. The van der Waals surface area contributed by atoms with Crippen molar-refractivity contribution >= 4 is 23.4 Å². The van der Waals surface area contributed by atoms with Gasteiger partial charge >= 0.3 is 6.09 Å². The first-order valence-electron chi connectivity index (χ1n) is 9.31. The second kappa shape index (κ2) is 9.37. The number of benzene rings is 2. The van der Waals surface area contributed by atoms with Crippen LogP contribution in [0.25, 0.3) is 11.1 Å². The number of halogens is 2. The summed E-state index contributed by atoms with van der Waals surface area (Å²) in [5, 5.41) is 12.1. The highest BCUT2D eigenvalue weighted by Gasteiger charge is 2.21. The van der Waals surface area contributed by atoms with Gasteiger partial charge in [0.25, 0.3) is 0 Å². The van der Waals surface area contributed by atoms with Crippen molar-refractivity contribution in [1.29, 1.82) is 0 Å². The fourth-order valence-electron chi connectivity index (χ4n) is 3.48. The van der Waals surface area contributed by atoms with Crippen molar-refractivity contribution in [2.24, 2.45) is 0 Å². The molecule has 150 valence electrons. The highest BCUT2D eigenvalue weighted by atomic mass is 35.5. The van der Waals surface area contributed by atoms with Crippen molar-refractivity contribution in [3.63, 3.8) is 0 Å². The average Bonchev–Trinajstić information content (AvgIpc) is 3.09. The van der Waals surface area contributed by atoms with Crippen LogP contribution in [0, 0.1) is 5.82 Å². The fourth-order valence-corrected chi connectivity index (χ4v) is 3.66. The number of nitrogens with zero attached hydrogens (tertiary/aromatic N) is 1. The molecule has 1 atom stereocenters. The summed E-state index contributed by atoms with van der Waals surface area (Å²) in [5.41, 5.74) is 2.42. The van der Waals surface area contributed by atoms with Crippen LogP contribution in [0.15, 0.2) is 36.4 Å². The van der Waals surface area contributed by atoms with Gasteiger partial charge in [0.05, 0.1) is 23.9 Å². The molecule has 0 spiro atoms. The SMILES string of the molecule is CN1CCCC1CCOC(=O)Nc1ccc(CO)cc1-c1ccc(F)c(Cl)c1. The minimum absolute atomic E-state index is 0.0129. The number of hydrogen-bond donors (Lipinski definition) is 2. The number of rotatable bonds is 6. The van der Waals surface area contributed by atoms with E-state index in [1.54, 1.807) is 24.3 Å². The molecule has 1 fully saturated rings. The molecule has 1 aliphatic rings. The second-order valence-electron chi connectivity index (χ2n) is 6.99. The predicted molar refractivity (Wildman–Crippen MR) is 108 cm³/mol. The van der Waals surface area contributed by atoms with E-state index in [0.29, 0.717) is 35.0 Å². The Balaban J connectivity index is 1.70. The van der Waals surface area contributed by atoms with E-state index >= 15 is 0 Å². The lowest BCUT2D eigenvalue weighted by molar-refractivity contribution is 0.147. The van der Waals surface area contributed by atoms with Gasteiger partial charge in [-0.2, -0.15) is 0 Å². The molecule has 2 aromatic rings. The van der Waals surface area contributed by atoms with E-state index in [1.807, 2.05) is 0 Å². The first-order chi connectivity index (χ1) is 13.5. The van der Waals surface area contributed by atoms with Crippen LogP contribution in [-0.4, -0.2) is 42.3 Å². The highest BCUT2D eigenvalue weighted by molar-refractivity contribution is 6.31. The third-order valence-corrected chi connectivity index (χ3v) is 5.38. The molecule has 1 amide bonds. The zero-order chi connectivity index (χ0) is 20.1. The first kappa shape index (κ1) is 20.6. The summed E-state index contributed by atoms with van der Waals surface area (Å²) in [4.78, 5) is 14.5. The van der Waals surface area contributed by atoms with Crippen molar-refractivity contribution in [1.82, 2.24) is 4.90 Å². The molecule has 1 aliphatic heterocycles. The highest BCUT2D eigenvalue weighted by Crippen LogP contribution is 2.32. The molecule has 2 N–H and O–H groups in total. The maximum absolute atomic E-state index is 13.5. The number of aliphatic hydroxyl groups is 1. The van der Waals surface area contributed by atoms with Gasteiger partial charge in [-0.05, 0) is 68.2 Å². The van der Waals surface area contributed by atoms with Gasteiger partial charge in [0.15, 0.2) is 0 Å². The Labute approximate surface area is 169 Å². The number of hydrogen-bond acceptors (Lipinski definition) is 4. The minimum Gasteiger partial charge on any atom is -0.449 e. The topological polar surface area (TPSA) is 61.8 Å². The van der Waals surface area contributed by atoms with Gasteiger partial charge in [-0.1, -0.05) is 23.7 Å². The van der Waals surface area contributed by atoms with E-state index in [1.165, 1.54) is 18.6 Å². The number of nitrogens with one attached hydrogen (secondary N) is 1. The van der Waals surface area contributed by atoms with Crippen molar-refractivity contribution in [2.45, 2.75) is 31.9 Å². The van der Waals surface area contributed by atoms with Gasteiger partial charge < -0.3 is 14.7 Å². The molecule has 0 saturated carbocycles. The number of likely N-dealkylation sites (tertiary alicyclic amines) is 1. The monoisotopic (exact) mass is 406 g/mol. The Kier molecular flexibility index (Phi) is 6.88. The van der Waals surface area contributed by atoms with Crippen molar-refractivity contribution in [3.8, 4) is 11.1 Å². The minimum atomic E-state index is -0.549. The van der Waals surface area contributed by atoms with E-state index in [2.05, 4.69) is 17.3 Å². The molecule has 0 aliphatic carbocycles. The summed E-state index contributed by atoms with van der Waals surface area (Å²) in [5.74, 6) is -0.519. The summed E-state index contributed by atoms with van der Waals surface area (Å²) < 4.78 is 18.8. The van der Waals surface area contributed by atoms with Gasteiger partial charge in [0.2, 0.25) is 0 Å². The molecule has 1 saturated heterocycles. The van der Waals surface area contributed by atoms with Gasteiger partial charge in [-0.3, -0.25) is 5.32 Å². The number of aliphatic hydroxyl groups excluding tert-OH is 1. The van der Waals surface area contributed by atoms with Crippen molar-refractivity contribution in [3.05, 3.63) is 52.8 Å². The number of ether oxygens (including phenoxy) is 1. The van der Waals surface area contributed by atoms with Gasteiger partial charge in [0, 0.05) is 11.6 Å². The molecular weight excluding hydrogens is 383 g/mol. The van der Waals surface area contributed by atoms with E-state index in [-0.39, 0.29) is 11.6 Å². The van der Waals surface area contributed by atoms with Crippen LogP contribution in [0.4, 0.5) is 14.9 Å². The van der Waals surface area contributed by atoms with E-state index < -0.39 is 11.9 Å². The van der Waals surface area contributed by atoms with Crippen LogP contribution in [0.3, 0.4) is 0 Å². The van der Waals surface area contributed by atoms with E-state index in [9.17, 15) is 14.3 Å². The standard InChI is InChI=1S/C21H24ClFN2O3/c1-25-9-2-3-16(25)8-10-28-21(27)24-20-7-4-14(13-26)11-17(20)15-5-6-19(23)18(22)12-15/h4-7,11-12,16,26H,2-3,8-10,13H2,1H3,(H,24,27). The Morgan fingerprint density at radius 2 is 2.18 bits per heavy atom. The lowest BCUT2D eigenvalue weighted by Gasteiger charge is -2.19. The first-order valence-corrected chi connectivity index (χ1v) is 9.69. The lowest BCUT2D eigenvalue weighted by Crippen LogP contribution is -2.27. The van der Waals surface area contributed by atoms with Gasteiger partial charge in [-0.25, -0.2) is 9.18 Å². The van der Waals surface area contributed by atoms with Crippen LogP contribution in [0.5, 0.6) is 0 Å². The quantitative estimate of drug-likeness (QED) is 0.731. The summed E-state index contributed by atoms with van der Waals surface area (Å²) in [6.07, 6.45) is 2.55. The molecular formula is C21H24ClFN2O3. The third-order valence-electron chi connectivity index (χ3n) is 5.09. The van der Waals surface area contributed by atoms with Crippen LogP contribution in [-0.2, 0) is 11.3 Å². The third kappa shape index (κ3) is 5.01. The Morgan fingerprint density at radius 1 is 1.36 bits per heavy atom. The van der Waals surface area contributed by atoms with Crippen molar-refractivity contribution in [2.75, 3.05) is 25.5 Å². The number of anilines is 1. The zero-order valence-corrected chi connectivity index (χ0v) is 16.5. The summed E-state index contributed by atoms with van der Waals surface area (Å²) >= 11 is 5.90. The summed E-state index contributed by atoms with van der Waals surface area (Å²) in [6, 6.07) is 9.90. The number of carbonyl (C=O) groups excluding carboxylic acids is 1. The lowest BCUT2D eigenvalue weighted by atomic mass is 10.0. The smallest absolute Gasteiger partial charge is 0.411 e. The molecule has 3 rings (SSSR count). The normalized spacial score (nSPS) is 16.9. The van der Waals surface area contributed by atoms with Crippen LogP contribution in [0.1, 0.15) is 24.8 Å². The second-order valence-corrected chi connectivity index (χ2v) is 7.40. The molecule has 0 radical (unpaired) electrons. The summed E-state index contributed by atoms with van der Waals surface area (Å²) in [6.45, 7) is 1.27. The van der Waals surface area contributed by atoms with Crippen LogP contribution >= 0.6 is 11.6 Å². The predicted octanol–water partition coefficient (Wildman–Crippen LogP) is 4.67. The van der Waals surface area contributed by atoms with E-state index in [4.69, 9.17) is 16.3 Å². The Bertz CT molecular complexity index is 846. The average molecular weight is 407 g/mol. The van der Waals surface area contributed by atoms with Gasteiger partial charge in [-0.15, -0.1) is 0 Å². The molecule has 0 bridgehead atoms. The van der Waals surface area contributed by atoms with Crippen LogP contribution in [0.2, 0.25) is 5.02 Å². The largest absolute Gasteiger partial charge is 0.449 e. The molecule has 2 aromatic carbocycles.